The molecule has 2 aromatic carbocycles. The molecule has 0 aromatic heterocycles. The van der Waals surface area contributed by atoms with Crippen molar-refractivity contribution >= 4 is 27.5 Å². The molecule has 5 nitrogen and oxygen atoms in total. The van der Waals surface area contributed by atoms with Gasteiger partial charge in [-0.05, 0) is 23.8 Å². The fourth-order valence-electron chi connectivity index (χ4n) is 2.48. The number of halogens is 2. The number of hydrogen-bond donors (Lipinski definition) is 1. The largest absolute Gasteiger partial charge is 0.341 e. The summed E-state index contributed by atoms with van der Waals surface area (Å²) in [5.41, 5.74) is 1.01. The summed E-state index contributed by atoms with van der Waals surface area (Å²) >= 11 is 5.86. The third-order valence-corrected chi connectivity index (χ3v) is 4.76. The minimum Gasteiger partial charge on any atom is -0.341 e. The van der Waals surface area contributed by atoms with Crippen LogP contribution in [-0.2, 0) is 21.4 Å². The Morgan fingerprint density at radius 2 is 1.81 bits per heavy atom. The first kappa shape index (κ1) is 20.4. The van der Waals surface area contributed by atoms with Gasteiger partial charge in [-0.2, -0.15) is 0 Å². The highest BCUT2D eigenvalue weighted by Crippen LogP contribution is 2.21. The normalized spacial score (nSPS) is 12.6. The SMILES string of the molecule is CN(Cc1ccccc1F)C(=O)C[C@H](NS(C)(=O)=O)c1ccc(Cl)cc1. The molecule has 0 spiro atoms. The zero-order valence-corrected chi connectivity index (χ0v) is 16.0. The van der Waals surface area contributed by atoms with Crippen LogP contribution < -0.4 is 4.72 Å². The van der Waals surface area contributed by atoms with Crippen molar-refractivity contribution in [3.05, 3.63) is 70.5 Å². The summed E-state index contributed by atoms with van der Waals surface area (Å²) in [5.74, 6) is -0.708. The van der Waals surface area contributed by atoms with Gasteiger partial charge in [-0.25, -0.2) is 17.5 Å². The molecule has 2 rings (SSSR count). The van der Waals surface area contributed by atoms with E-state index in [0.717, 1.165) is 6.26 Å². The van der Waals surface area contributed by atoms with Crippen LogP contribution in [0.2, 0.25) is 5.02 Å². The van der Waals surface area contributed by atoms with Gasteiger partial charge in [0, 0.05) is 30.6 Å². The lowest BCUT2D eigenvalue weighted by molar-refractivity contribution is -0.130. The third kappa shape index (κ3) is 6.09. The van der Waals surface area contributed by atoms with Crippen LogP contribution in [0.3, 0.4) is 0 Å². The molecule has 0 bridgehead atoms. The van der Waals surface area contributed by atoms with Gasteiger partial charge in [-0.15, -0.1) is 0 Å². The monoisotopic (exact) mass is 398 g/mol. The molecule has 1 amide bonds. The molecule has 26 heavy (non-hydrogen) atoms. The van der Waals surface area contributed by atoms with Crippen LogP contribution in [0.5, 0.6) is 0 Å². The second-order valence-corrected chi connectivity index (χ2v) is 8.26. The third-order valence-electron chi connectivity index (χ3n) is 3.80. The molecular formula is C18H20ClFN2O3S. The molecule has 1 atom stereocenters. The van der Waals surface area contributed by atoms with Crippen LogP contribution in [0.15, 0.2) is 48.5 Å². The maximum absolute atomic E-state index is 13.8. The second kappa shape index (κ2) is 8.62. The smallest absolute Gasteiger partial charge is 0.224 e. The summed E-state index contributed by atoms with van der Waals surface area (Å²) in [6.07, 6.45) is 0.934. The van der Waals surface area contributed by atoms with Crippen LogP contribution >= 0.6 is 11.6 Å². The van der Waals surface area contributed by atoms with Gasteiger partial charge in [-0.1, -0.05) is 41.9 Å². The minimum absolute atomic E-state index is 0.0950. The van der Waals surface area contributed by atoms with E-state index in [-0.39, 0.29) is 18.9 Å². The van der Waals surface area contributed by atoms with Gasteiger partial charge in [0.05, 0.1) is 12.3 Å². The van der Waals surface area contributed by atoms with E-state index in [1.165, 1.54) is 11.0 Å². The van der Waals surface area contributed by atoms with Gasteiger partial charge < -0.3 is 4.90 Å². The summed E-state index contributed by atoms with van der Waals surface area (Å²) in [4.78, 5) is 13.9. The first-order valence-corrected chi connectivity index (χ1v) is 10.1. The van der Waals surface area contributed by atoms with Gasteiger partial charge in [0.2, 0.25) is 15.9 Å². The zero-order chi connectivity index (χ0) is 19.3. The molecule has 8 heteroatoms. The van der Waals surface area contributed by atoms with Crippen molar-refractivity contribution in [1.82, 2.24) is 9.62 Å². The van der Waals surface area contributed by atoms with Crippen molar-refractivity contribution in [2.45, 2.75) is 19.0 Å². The number of rotatable bonds is 7. The molecule has 0 aliphatic rings. The lowest BCUT2D eigenvalue weighted by atomic mass is 10.0. The molecule has 2 aromatic rings. The Bertz CT molecular complexity index is 872. The predicted molar refractivity (Wildman–Crippen MR) is 99.7 cm³/mol. The van der Waals surface area contributed by atoms with Crippen molar-refractivity contribution < 1.29 is 17.6 Å². The molecule has 0 radical (unpaired) electrons. The first-order valence-electron chi connectivity index (χ1n) is 7.86. The van der Waals surface area contributed by atoms with Gasteiger partial charge in [0.25, 0.3) is 0 Å². The van der Waals surface area contributed by atoms with Crippen molar-refractivity contribution in [2.75, 3.05) is 13.3 Å². The predicted octanol–water partition coefficient (Wildman–Crippen LogP) is 3.12. The Morgan fingerprint density at radius 1 is 1.19 bits per heavy atom. The number of nitrogens with zero attached hydrogens (tertiary/aromatic N) is 1. The Morgan fingerprint density at radius 3 is 2.38 bits per heavy atom. The van der Waals surface area contributed by atoms with Crippen LogP contribution in [0.25, 0.3) is 0 Å². The summed E-state index contributed by atoms with van der Waals surface area (Å²) in [6.45, 7) is 0.0950. The fraction of sp³-hybridized carbons (Fsp3) is 0.278. The number of hydrogen-bond acceptors (Lipinski definition) is 3. The molecule has 0 fully saturated rings. The lowest BCUT2D eigenvalue weighted by Crippen LogP contribution is -2.34. The molecule has 0 unspecified atom stereocenters. The molecule has 1 N–H and O–H groups in total. The minimum atomic E-state index is -3.53. The van der Waals surface area contributed by atoms with E-state index in [1.54, 1.807) is 49.5 Å². The number of carbonyl (C=O) groups excluding carboxylic acids is 1. The van der Waals surface area contributed by atoms with E-state index in [4.69, 9.17) is 11.6 Å². The van der Waals surface area contributed by atoms with E-state index in [2.05, 4.69) is 4.72 Å². The highest BCUT2D eigenvalue weighted by atomic mass is 35.5. The number of carbonyl (C=O) groups is 1. The Labute approximate surface area is 157 Å². The quantitative estimate of drug-likeness (QED) is 0.779. The number of amides is 1. The summed E-state index contributed by atoms with van der Waals surface area (Å²) in [5, 5.41) is 0.509. The van der Waals surface area contributed by atoms with Gasteiger partial charge in [0.15, 0.2) is 0 Å². The van der Waals surface area contributed by atoms with E-state index >= 15 is 0 Å². The molecule has 0 aliphatic heterocycles. The summed E-state index contributed by atoms with van der Waals surface area (Å²) < 4.78 is 39.5. The zero-order valence-electron chi connectivity index (χ0n) is 14.4. The van der Waals surface area contributed by atoms with E-state index in [0.29, 0.717) is 16.1 Å². The van der Waals surface area contributed by atoms with Crippen molar-refractivity contribution in [3.8, 4) is 0 Å². The van der Waals surface area contributed by atoms with Crippen LogP contribution in [0.1, 0.15) is 23.6 Å². The molecule has 0 aliphatic carbocycles. The van der Waals surface area contributed by atoms with Gasteiger partial charge in [-0.3, -0.25) is 4.79 Å². The maximum Gasteiger partial charge on any atom is 0.224 e. The topological polar surface area (TPSA) is 66.5 Å². The summed E-state index contributed by atoms with van der Waals surface area (Å²) in [7, 11) is -1.98. The number of sulfonamides is 1. The van der Waals surface area contributed by atoms with Crippen LogP contribution in [0.4, 0.5) is 4.39 Å². The van der Waals surface area contributed by atoms with Gasteiger partial charge in [0.1, 0.15) is 5.82 Å². The molecule has 140 valence electrons. The number of benzene rings is 2. The fourth-order valence-corrected chi connectivity index (χ4v) is 3.34. The van der Waals surface area contributed by atoms with Crippen molar-refractivity contribution in [1.29, 1.82) is 0 Å². The first-order chi connectivity index (χ1) is 12.2. The maximum atomic E-state index is 13.8. The highest BCUT2D eigenvalue weighted by Gasteiger charge is 2.22. The standard InChI is InChI=1S/C18H20ClFN2O3S/c1-22(12-14-5-3-4-6-16(14)20)18(23)11-17(21-26(2,24)25)13-7-9-15(19)10-8-13/h3-10,17,21H,11-12H2,1-2H3/t17-/m0/s1. The van der Waals surface area contributed by atoms with Crippen molar-refractivity contribution in [3.63, 3.8) is 0 Å². The van der Waals surface area contributed by atoms with E-state index < -0.39 is 21.9 Å². The Hall–Kier alpha value is -1.96. The van der Waals surface area contributed by atoms with Gasteiger partial charge >= 0.3 is 0 Å². The second-order valence-electron chi connectivity index (χ2n) is 6.04. The van der Waals surface area contributed by atoms with Crippen molar-refractivity contribution in [2.24, 2.45) is 0 Å². The molecule has 0 heterocycles. The lowest BCUT2D eigenvalue weighted by Gasteiger charge is -2.22. The molecule has 0 saturated carbocycles. The average Bonchev–Trinajstić information content (AvgIpc) is 2.55. The molecular weight excluding hydrogens is 379 g/mol. The Balaban J connectivity index is 2.14. The average molecular weight is 399 g/mol. The molecule has 0 saturated heterocycles. The highest BCUT2D eigenvalue weighted by molar-refractivity contribution is 7.88. The van der Waals surface area contributed by atoms with Crippen LogP contribution in [-0.4, -0.2) is 32.5 Å². The number of nitrogens with one attached hydrogen (secondary N) is 1. The van der Waals surface area contributed by atoms with Crippen LogP contribution in [0, 0.1) is 5.82 Å². The van der Waals surface area contributed by atoms with E-state index in [9.17, 15) is 17.6 Å². The summed E-state index contributed by atoms with van der Waals surface area (Å²) in [6, 6.07) is 12.0. The van der Waals surface area contributed by atoms with E-state index in [1.807, 2.05) is 0 Å². The Kier molecular flexibility index (Phi) is 6.75.